The predicted molar refractivity (Wildman–Crippen MR) is 69.7 cm³/mol. The lowest BCUT2D eigenvalue weighted by Crippen LogP contribution is -2.30. The molecule has 0 aromatic heterocycles. The second kappa shape index (κ2) is 4.88. The van der Waals surface area contributed by atoms with Gasteiger partial charge in [-0.1, -0.05) is 25.1 Å². The van der Waals surface area contributed by atoms with Gasteiger partial charge in [0.2, 0.25) is 0 Å². The van der Waals surface area contributed by atoms with E-state index in [0.29, 0.717) is 6.04 Å². The van der Waals surface area contributed by atoms with Crippen molar-refractivity contribution in [1.29, 1.82) is 0 Å². The SMILES string of the molecule is CCC1CCCN1c1ccccc1[C@H](C)N. The number of hydrogen-bond donors (Lipinski definition) is 1. The molecule has 2 rings (SSSR count). The van der Waals surface area contributed by atoms with E-state index in [4.69, 9.17) is 5.73 Å². The minimum absolute atomic E-state index is 0.120. The predicted octanol–water partition coefficient (Wildman–Crippen LogP) is 3.09. The third-order valence-corrected chi connectivity index (χ3v) is 3.59. The van der Waals surface area contributed by atoms with Crippen molar-refractivity contribution in [3.63, 3.8) is 0 Å². The largest absolute Gasteiger partial charge is 0.368 e. The summed E-state index contributed by atoms with van der Waals surface area (Å²) in [6, 6.07) is 9.40. The first kappa shape index (κ1) is 11.5. The Morgan fingerprint density at radius 2 is 2.19 bits per heavy atom. The topological polar surface area (TPSA) is 29.3 Å². The van der Waals surface area contributed by atoms with E-state index in [1.165, 1.54) is 37.1 Å². The summed E-state index contributed by atoms with van der Waals surface area (Å²) >= 11 is 0. The van der Waals surface area contributed by atoms with E-state index in [2.05, 4.69) is 43.0 Å². The molecule has 2 nitrogen and oxygen atoms in total. The van der Waals surface area contributed by atoms with Gasteiger partial charge >= 0.3 is 0 Å². The van der Waals surface area contributed by atoms with E-state index in [-0.39, 0.29) is 6.04 Å². The van der Waals surface area contributed by atoms with Gasteiger partial charge in [0.1, 0.15) is 0 Å². The maximum atomic E-state index is 6.04. The normalized spacial score (nSPS) is 22.4. The number of benzene rings is 1. The summed E-state index contributed by atoms with van der Waals surface area (Å²) in [6.07, 6.45) is 3.86. The van der Waals surface area contributed by atoms with Crippen molar-refractivity contribution in [2.24, 2.45) is 5.73 Å². The molecule has 1 fully saturated rings. The van der Waals surface area contributed by atoms with Crippen molar-refractivity contribution < 1.29 is 0 Å². The molecule has 1 aromatic carbocycles. The van der Waals surface area contributed by atoms with Gasteiger partial charge < -0.3 is 10.6 Å². The molecule has 2 atom stereocenters. The van der Waals surface area contributed by atoms with Gasteiger partial charge in [-0.3, -0.25) is 0 Å². The second-order valence-corrected chi connectivity index (χ2v) is 4.75. The fraction of sp³-hybridized carbons (Fsp3) is 0.571. The van der Waals surface area contributed by atoms with Crippen molar-refractivity contribution >= 4 is 5.69 Å². The van der Waals surface area contributed by atoms with Crippen LogP contribution in [0, 0.1) is 0 Å². The summed E-state index contributed by atoms with van der Waals surface area (Å²) in [5, 5.41) is 0. The average Bonchev–Trinajstić information content (AvgIpc) is 2.76. The Kier molecular flexibility index (Phi) is 3.49. The molecular formula is C14H22N2. The molecule has 1 aliphatic rings. The summed E-state index contributed by atoms with van der Waals surface area (Å²) in [4.78, 5) is 2.54. The van der Waals surface area contributed by atoms with Gasteiger partial charge in [-0.2, -0.15) is 0 Å². The van der Waals surface area contributed by atoms with Crippen LogP contribution in [0.2, 0.25) is 0 Å². The molecule has 1 aliphatic heterocycles. The lowest BCUT2D eigenvalue weighted by Gasteiger charge is -2.29. The molecule has 0 radical (unpaired) electrons. The molecule has 1 unspecified atom stereocenters. The number of hydrogen-bond acceptors (Lipinski definition) is 2. The van der Waals surface area contributed by atoms with Crippen molar-refractivity contribution in [1.82, 2.24) is 0 Å². The zero-order valence-corrected chi connectivity index (χ0v) is 10.3. The number of nitrogens with zero attached hydrogens (tertiary/aromatic N) is 1. The van der Waals surface area contributed by atoms with Crippen LogP contribution in [0.5, 0.6) is 0 Å². The fourth-order valence-electron chi connectivity index (χ4n) is 2.71. The highest BCUT2D eigenvalue weighted by Gasteiger charge is 2.25. The smallest absolute Gasteiger partial charge is 0.0417 e. The first-order valence-corrected chi connectivity index (χ1v) is 6.35. The molecule has 0 saturated carbocycles. The first-order chi connectivity index (χ1) is 7.74. The van der Waals surface area contributed by atoms with E-state index >= 15 is 0 Å². The van der Waals surface area contributed by atoms with Crippen LogP contribution in [-0.4, -0.2) is 12.6 Å². The number of anilines is 1. The Balaban J connectivity index is 2.32. The van der Waals surface area contributed by atoms with Gasteiger partial charge in [0, 0.05) is 24.3 Å². The van der Waals surface area contributed by atoms with E-state index in [1.807, 2.05) is 0 Å². The van der Waals surface area contributed by atoms with Gasteiger partial charge in [-0.15, -0.1) is 0 Å². The molecule has 0 amide bonds. The van der Waals surface area contributed by atoms with Crippen molar-refractivity contribution in [2.45, 2.75) is 45.2 Å². The molecule has 2 heteroatoms. The van der Waals surface area contributed by atoms with Crippen LogP contribution in [0.1, 0.15) is 44.7 Å². The van der Waals surface area contributed by atoms with Crippen molar-refractivity contribution in [3.05, 3.63) is 29.8 Å². The molecule has 2 N–H and O–H groups in total. The molecule has 0 aliphatic carbocycles. The van der Waals surface area contributed by atoms with Gasteiger partial charge in [0.25, 0.3) is 0 Å². The highest BCUT2D eigenvalue weighted by molar-refractivity contribution is 5.56. The fourth-order valence-corrected chi connectivity index (χ4v) is 2.71. The third-order valence-electron chi connectivity index (χ3n) is 3.59. The average molecular weight is 218 g/mol. The molecule has 88 valence electrons. The minimum atomic E-state index is 0.120. The Labute approximate surface area is 98.4 Å². The monoisotopic (exact) mass is 218 g/mol. The van der Waals surface area contributed by atoms with Crippen molar-refractivity contribution in [2.75, 3.05) is 11.4 Å². The van der Waals surface area contributed by atoms with E-state index in [0.717, 1.165) is 0 Å². The summed E-state index contributed by atoms with van der Waals surface area (Å²) in [5.41, 5.74) is 8.67. The molecule has 1 heterocycles. The van der Waals surface area contributed by atoms with Gasteiger partial charge in [0.05, 0.1) is 0 Å². The lowest BCUT2D eigenvalue weighted by molar-refractivity contribution is 0.641. The summed E-state index contributed by atoms with van der Waals surface area (Å²) in [7, 11) is 0. The second-order valence-electron chi connectivity index (χ2n) is 4.75. The zero-order chi connectivity index (χ0) is 11.5. The molecule has 1 aromatic rings. The number of para-hydroxylation sites is 1. The van der Waals surface area contributed by atoms with Crippen LogP contribution in [0.3, 0.4) is 0 Å². The number of rotatable bonds is 3. The third kappa shape index (κ3) is 2.07. The van der Waals surface area contributed by atoms with Crippen molar-refractivity contribution in [3.8, 4) is 0 Å². The Morgan fingerprint density at radius 1 is 1.44 bits per heavy atom. The minimum Gasteiger partial charge on any atom is -0.368 e. The quantitative estimate of drug-likeness (QED) is 0.844. The van der Waals surface area contributed by atoms with E-state index in [1.54, 1.807) is 0 Å². The first-order valence-electron chi connectivity index (χ1n) is 6.35. The molecular weight excluding hydrogens is 196 g/mol. The van der Waals surface area contributed by atoms with Crippen LogP contribution < -0.4 is 10.6 Å². The van der Waals surface area contributed by atoms with Gasteiger partial charge in [-0.05, 0) is 37.8 Å². The number of nitrogens with two attached hydrogens (primary N) is 1. The van der Waals surface area contributed by atoms with E-state index < -0.39 is 0 Å². The van der Waals surface area contributed by atoms with Crippen LogP contribution >= 0.6 is 0 Å². The summed E-state index contributed by atoms with van der Waals surface area (Å²) < 4.78 is 0. The Hall–Kier alpha value is -1.02. The van der Waals surface area contributed by atoms with E-state index in [9.17, 15) is 0 Å². The maximum Gasteiger partial charge on any atom is 0.0417 e. The molecule has 0 spiro atoms. The maximum absolute atomic E-state index is 6.04. The molecule has 1 saturated heterocycles. The standard InChI is InChI=1S/C14H22N2/c1-3-12-7-6-10-16(12)14-9-5-4-8-13(14)11(2)15/h4-5,8-9,11-12H,3,6-7,10,15H2,1-2H3/t11-,12?/m0/s1. The van der Waals surface area contributed by atoms with Crippen LogP contribution in [0.4, 0.5) is 5.69 Å². The summed E-state index contributed by atoms with van der Waals surface area (Å²) in [6.45, 7) is 5.52. The van der Waals surface area contributed by atoms with Gasteiger partial charge in [0.15, 0.2) is 0 Å². The zero-order valence-electron chi connectivity index (χ0n) is 10.3. The Bertz CT molecular complexity index is 346. The van der Waals surface area contributed by atoms with Gasteiger partial charge in [-0.25, -0.2) is 0 Å². The summed E-state index contributed by atoms with van der Waals surface area (Å²) in [5.74, 6) is 0. The molecule has 16 heavy (non-hydrogen) atoms. The Morgan fingerprint density at radius 3 is 2.88 bits per heavy atom. The molecule has 0 bridgehead atoms. The lowest BCUT2D eigenvalue weighted by atomic mass is 10.0. The highest BCUT2D eigenvalue weighted by Crippen LogP contribution is 2.32. The van der Waals surface area contributed by atoms with Crippen LogP contribution in [0.25, 0.3) is 0 Å². The van der Waals surface area contributed by atoms with Crippen LogP contribution in [0.15, 0.2) is 24.3 Å². The highest BCUT2D eigenvalue weighted by atomic mass is 15.2. The van der Waals surface area contributed by atoms with Crippen LogP contribution in [-0.2, 0) is 0 Å².